The van der Waals surface area contributed by atoms with Crippen LogP contribution in [0.5, 0.6) is 0 Å². The van der Waals surface area contributed by atoms with Crippen LogP contribution < -0.4 is 0 Å². The van der Waals surface area contributed by atoms with Crippen molar-refractivity contribution >= 4 is 5.91 Å². The van der Waals surface area contributed by atoms with Crippen LogP contribution in [0.1, 0.15) is 38.5 Å². The smallest absolute Gasteiger partial charge is 0.249 e. The summed E-state index contributed by atoms with van der Waals surface area (Å²) in [4.78, 5) is 17.6. The average molecular weight is 209 g/mol. The first-order valence-corrected chi connectivity index (χ1v) is 6.32. The molecule has 84 valence electrons. The van der Waals surface area contributed by atoms with E-state index in [9.17, 15) is 4.79 Å². The Morgan fingerprint density at radius 1 is 1.07 bits per heavy atom. The topological polar surface area (TPSA) is 29.5 Å². The summed E-state index contributed by atoms with van der Waals surface area (Å²) in [6.07, 6.45) is 7.40. The monoisotopic (exact) mass is 209 g/mol. The predicted molar refractivity (Wildman–Crippen MR) is 55.8 cm³/mol. The Hall–Kier alpha value is -0.570. The molecule has 0 bridgehead atoms. The minimum atomic E-state index is 0.284. The molecule has 0 aromatic heterocycles. The molecule has 3 aliphatic rings. The molecule has 3 nitrogen and oxygen atoms in total. The minimum absolute atomic E-state index is 0.284. The van der Waals surface area contributed by atoms with E-state index in [1.807, 2.05) is 0 Å². The molecule has 15 heavy (non-hydrogen) atoms. The number of nitrogens with zero attached hydrogens (tertiary/aromatic N) is 1. The Kier molecular flexibility index (Phi) is 2.43. The molecule has 3 fully saturated rings. The van der Waals surface area contributed by atoms with Gasteiger partial charge in [-0.15, -0.1) is 0 Å². The zero-order valence-corrected chi connectivity index (χ0v) is 9.15. The average Bonchev–Trinajstić information content (AvgIpc) is 3.03. The van der Waals surface area contributed by atoms with Crippen LogP contribution in [0.2, 0.25) is 0 Å². The quantitative estimate of drug-likeness (QED) is 0.661. The molecular formula is C12H19NO2. The summed E-state index contributed by atoms with van der Waals surface area (Å²) in [5, 5.41) is 1.65. The second-order valence-electron chi connectivity index (χ2n) is 5.12. The van der Waals surface area contributed by atoms with Gasteiger partial charge in [0.25, 0.3) is 0 Å². The molecule has 0 spiro atoms. The Balaban J connectivity index is 1.60. The van der Waals surface area contributed by atoms with Crippen LogP contribution in [0.25, 0.3) is 0 Å². The SMILES string of the molecule is O=C(C1C2CCCCC21)N1CCCCO1. The van der Waals surface area contributed by atoms with E-state index in [1.54, 1.807) is 5.06 Å². The first-order valence-electron chi connectivity index (χ1n) is 6.32. The Bertz CT molecular complexity index is 248. The Morgan fingerprint density at radius 3 is 2.40 bits per heavy atom. The zero-order chi connectivity index (χ0) is 10.3. The number of rotatable bonds is 1. The van der Waals surface area contributed by atoms with E-state index in [-0.39, 0.29) is 5.91 Å². The predicted octanol–water partition coefficient (Wildman–Crippen LogP) is 1.98. The van der Waals surface area contributed by atoms with Gasteiger partial charge in [-0.3, -0.25) is 9.63 Å². The second-order valence-corrected chi connectivity index (χ2v) is 5.12. The molecule has 2 atom stereocenters. The van der Waals surface area contributed by atoms with Gasteiger partial charge in [-0.25, -0.2) is 5.06 Å². The third kappa shape index (κ3) is 1.67. The van der Waals surface area contributed by atoms with Crippen molar-refractivity contribution in [3.63, 3.8) is 0 Å². The van der Waals surface area contributed by atoms with Gasteiger partial charge < -0.3 is 0 Å². The molecule has 1 heterocycles. The molecular weight excluding hydrogens is 190 g/mol. The highest BCUT2D eigenvalue weighted by molar-refractivity contribution is 5.81. The van der Waals surface area contributed by atoms with Gasteiger partial charge in [0.05, 0.1) is 6.61 Å². The van der Waals surface area contributed by atoms with E-state index in [1.165, 1.54) is 25.7 Å². The summed E-state index contributed by atoms with van der Waals surface area (Å²) in [6, 6.07) is 0. The standard InChI is InChI=1S/C12H19NO2/c14-12(13-7-3-4-8-15-13)11-9-5-1-2-6-10(9)11/h9-11H,1-8H2. The number of carbonyl (C=O) groups is 1. The summed E-state index contributed by atoms with van der Waals surface area (Å²) in [6.45, 7) is 1.54. The second kappa shape index (κ2) is 3.78. The largest absolute Gasteiger partial charge is 0.272 e. The maximum Gasteiger partial charge on any atom is 0.249 e. The number of hydrogen-bond donors (Lipinski definition) is 0. The highest BCUT2D eigenvalue weighted by Crippen LogP contribution is 2.56. The number of hydrogen-bond acceptors (Lipinski definition) is 2. The molecule has 1 aliphatic heterocycles. The summed E-state index contributed by atoms with van der Waals surface area (Å²) >= 11 is 0. The molecule has 0 aromatic rings. The van der Waals surface area contributed by atoms with Gasteiger partial charge in [-0.05, 0) is 37.5 Å². The van der Waals surface area contributed by atoms with Crippen molar-refractivity contribution in [3.8, 4) is 0 Å². The number of carbonyl (C=O) groups excluding carboxylic acids is 1. The van der Waals surface area contributed by atoms with Crippen LogP contribution in [0.15, 0.2) is 0 Å². The number of hydroxylamine groups is 2. The van der Waals surface area contributed by atoms with E-state index in [2.05, 4.69) is 0 Å². The van der Waals surface area contributed by atoms with Gasteiger partial charge in [-0.2, -0.15) is 0 Å². The fraction of sp³-hybridized carbons (Fsp3) is 0.917. The van der Waals surface area contributed by atoms with E-state index < -0.39 is 0 Å². The summed E-state index contributed by atoms with van der Waals surface area (Å²) in [5.41, 5.74) is 0. The van der Waals surface area contributed by atoms with Crippen molar-refractivity contribution in [2.75, 3.05) is 13.2 Å². The zero-order valence-electron chi connectivity index (χ0n) is 9.15. The first kappa shape index (κ1) is 9.64. The van der Waals surface area contributed by atoms with E-state index in [0.717, 1.165) is 26.0 Å². The Labute approximate surface area is 90.7 Å². The molecule has 1 saturated heterocycles. The van der Waals surface area contributed by atoms with Crippen molar-refractivity contribution in [3.05, 3.63) is 0 Å². The van der Waals surface area contributed by atoms with E-state index >= 15 is 0 Å². The molecule has 0 N–H and O–H groups in total. The van der Waals surface area contributed by atoms with Gasteiger partial charge in [0.1, 0.15) is 0 Å². The lowest BCUT2D eigenvalue weighted by Crippen LogP contribution is -2.37. The van der Waals surface area contributed by atoms with Crippen LogP contribution >= 0.6 is 0 Å². The van der Waals surface area contributed by atoms with Gasteiger partial charge >= 0.3 is 0 Å². The Morgan fingerprint density at radius 2 is 1.80 bits per heavy atom. The molecule has 3 rings (SSSR count). The summed E-state index contributed by atoms with van der Waals surface area (Å²) in [7, 11) is 0. The molecule has 2 aliphatic carbocycles. The maximum atomic E-state index is 12.1. The molecule has 3 heteroatoms. The lowest BCUT2D eigenvalue weighted by atomic mass is 10.0. The van der Waals surface area contributed by atoms with Crippen LogP contribution in [-0.2, 0) is 9.63 Å². The minimum Gasteiger partial charge on any atom is -0.272 e. The molecule has 0 radical (unpaired) electrons. The van der Waals surface area contributed by atoms with Crippen molar-refractivity contribution in [2.45, 2.75) is 38.5 Å². The van der Waals surface area contributed by atoms with E-state index in [0.29, 0.717) is 17.8 Å². The van der Waals surface area contributed by atoms with Crippen LogP contribution in [0, 0.1) is 17.8 Å². The highest BCUT2D eigenvalue weighted by Gasteiger charge is 2.56. The molecule has 1 amide bonds. The molecule has 0 aromatic carbocycles. The lowest BCUT2D eigenvalue weighted by Gasteiger charge is -2.26. The number of fused-ring (bicyclic) bond motifs is 1. The third-order valence-electron chi connectivity index (χ3n) is 4.19. The van der Waals surface area contributed by atoms with Gasteiger partial charge in [-0.1, -0.05) is 12.8 Å². The molecule has 2 unspecified atom stereocenters. The molecule has 2 saturated carbocycles. The normalized spacial score (nSPS) is 39.7. The summed E-state index contributed by atoms with van der Waals surface area (Å²) < 4.78 is 0. The summed E-state index contributed by atoms with van der Waals surface area (Å²) in [5.74, 6) is 2.02. The lowest BCUT2D eigenvalue weighted by molar-refractivity contribution is -0.199. The van der Waals surface area contributed by atoms with Gasteiger partial charge in [0.2, 0.25) is 5.91 Å². The van der Waals surface area contributed by atoms with Crippen molar-refractivity contribution in [1.29, 1.82) is 0 Å². The first-order chi connectivity index (χ1) is 7.38. The fourth-order valence-corrected chi connectivity index (χ4v) is 3.30. The fourth-order valence-electron chi connectivity index (χ4n) is 3.30. The van der Waals surface area contributed by atoms with Crippen LogP contribution in [-0.4, -0.2) is 24.1 Å². The van der Waals surface area contributed by atoms with Crippen LogP contribution in [0.4, 0.5) is 0 Å². The van der Waals surface area contributed by atoms with Crippen LogP contribution in [0.3, 0.4) is 0 Å². The third-order valence-corrected chi connectivity index (χ3v) is 4.19. The van der Waals surface area contributed by atoms with Crippen molar-refractivity contribution in [2.24, 2.45) is 17.8 Å². The highest BCUT2D eigenvalue weighted by atomic mass is 16.7. The van der Waals surface area contributed by atoms with Crippen molar-refractivity contribution < 1.29 is 9.63 Å². The van der Waals surface area contributed by atoms with Gasteiger partial charge in [0.15, 0.2) is 0 Å². The van der Waals surface area contributed by atoms with Crippen molar-refractivity contribution in [1.82, 2.24) is 5.06 Å². The maximum absolute atomic E-state index is 12.1. The van der Waals surface area contributed by atoms with Gasteiger partial charge in [0, 0.05) is 12.5 Å². The van der Waals surface area contributed by atoms with E-state index in [4.69, 9.17) is 4.84 Å². The number of amides is 1.